The third kappa shape index (κ3) is 4.29. The molecule has 1 aromatic heterocycles. The molecule has 0 aliphatic rings. The van der Waals surface area contributed by atoms with Crippen molar-refractivity contribution in [2.24, 2.45) is 0 Å². The van der Waals surface area contributed by atoms with Gasteiger partial charge in [-0.15, -0.1) is 11.8 Å². The Bertz CT molecular complexity index is 617. The Morgan fingerprint density at radius 1 is 1.24 bits per heavy atom. The molecule has 21 heavy (non-hydrogen) atoms. The molecule has 0 aliphatic heterocycles. The molecular weight excluding hydrogens is 400 g/mol. The lowest BCUT2D eigenvalue weighted by atomic mass is 10.1. The molecule has 0 fully saturated rings. The standard InChI is InChI=1S/C15H17FIN3S/c1-9(2)14-13(17)15(18-3)20-12(19-14)8-21-11-6-4-10(16)5-7-11/h4-7,9H,8H2,1-3H3,(H,18,19,20). The molecule has 0 unspecified atom stereocenters. The highest BCUT2D eigenvalue weighted by Gasteiger charge is 2.14. The number of aromatic nitrogens is 2. The normalized spacial score (nSPS) is 11.0. The fraction of sp³-hybridized carbons (Fsp3) is 0.333. The van der Waals surface area contributed by atoms with E-state index in [0.29, 0.717) is 11.7 Å². The summed E-state index contributed by atoms with van der Waals surface area (Å²) in [6.45, 7) is 4.25. The lowest BCUT2D eigenvalue weighted by molar-refractivity contribution is 0.626. The van der Waals surface area contributed by atoms with Crippen molar-refractivity contribution in [3.8, 4) is 0 Å². The van der Waals surface area contributed by atoms with E-state index >= 15 is 0 Å². The van der Waals surface area contributed by atoms with Crippen LogP contribution in [0, 0.1) is 9.39 Å². The smallest absolute Gasteiger partial charge is 0.143 e. The van der Waals surface area contributed by atoms with Crippen LogP contribution in [0.2, 0.25) is 0 Å². The van der Waals surface area contributed by atoms with E-state index in [0.717, 1.165) is 25.8 Å². The molecule has 1 aromatic carbocycles. The maximum absolute atomic E-state index is 12.9. The molecule has 3 nitrogen and oxygen atoms in total. The molecule has 0 radical (unpaired) electrons. The van der Waals surface area contributed by atoms with Crippen LogP contribution in [0.3, 0.4) is 0 Å². The van der Waals surface area contributed by atoms with Crippen molar-refractivity contribution in [2.75, 3.05) is 12.4 Å². The van der Waals surface area contributed by atoms with E-state index in [1.165, 1.54) is 12.1 Å². The molecular formula is C15H17FIN3S. The van der Waals surface area contributed by atoms with E-state index in [1.54, 1.807) is 23.9 Å². The summed E-state index contributed by atoms with van der Waals surface area (Å²) < 4.78 is 14.0. The Morgan fingerprint density at radius 3 is 2.48 bits per heavy atom. The molecule has 0 saturated heterocycles. The third-order valence-electron chi connectivity index (χ3n) is 2.89. The fourth-order valence-electron chi connectivity index (χ4n) is 1.80. The molecule has 0 saturated carbocycles. The average molecular weight is 417 g/mol. The molecule has 1 heterocycles. The molecule has 6 heteroatoms. The van der Waals surface area contributed by atoms with Crippen molar-refractivity contribution in [1.82, 2.24) is 9.97 Å². The van der Waals surface area contributed by atoms with Gasteiger partial charge in [-0.25, -0.2) is 14.4 Å². The molecule has 0 atom stereocenters. The predicted octanol–water partition coefficient (Wildman–Crippen LogP) is 4.68. The van der Waals surface area contributed by atoms with Crippen molar-refractivity contribution in [3.63, 3.8) is 0 Å². The second-order valence-electron chi connectivity index (χ2n) is 4.83. The quantitative estimate of drug-likeness (QED) is 0.567. The lowest BCUT2D eigenvalue weighted by Crippen LogP contribution is -2.08. The van der Waals surface area contributed by atoms with Crippen LogP contribution in [0.25, 0.3) is 0 Å². The van der Waals surface area contributed by atoms with Crippen molar-refractivity contribution in [1.29, 1.82) is 0 Å². The Hall–Kier alpha value is -0.890. The summed E-state index contributed by atoms with van der Waals surface area (Å²) in [5.74, 6) is 2.45. The third-order valence-corrected chi connectivity index (χ3v) is 4.96. The molecule has 0 spiro atoms. The maximum Gasteiger partial charge on any atom is 0.143 e. The average Bonchev–Trinajstić information content (AvgIpc) is 2.47. The minimum absolute atomic E-state index is 0.218. The summed E-state index contributed by atoms with van der Waals surface area (Å²) in [5, 5.41) is 3.12. The predicted molar refractivity (Wildman–Crippen MR) is 94.3 cm³/mol. The first-order valence-electron chi connectivity index (χ1n) is 6.63. The van der Waals surface area contributed by atoms with E-state index in [9.17, 15) is 4.39 Å². The number of halogens is 2. The zero-order valence-corrected chi connectivity index (χ0v) is 15.1. The van der Waals surface area contributed by atoms with Crippen molar-refractivity contribution in [2.45, 2.75) is 30.4 Å². The highest BCUT2D eigenvalue weighted by atomic mass is 127. The summed E-state index contributed by atoms with van der Waals surface area (Å²) in [7, 11) is 1.87. The number of hydrogen-bond donors (Lipinski definition) is 1. The van der Waals surface area contributed by atoms with Gasteiger partial charge in [0.15, 0.2) is 0 Å². The highest BCUT2D eigenvalue weighted by molar-refractivity contribution is 14.1. The zero-order valence-electron chi connectivity index (χ0n) is 12.2. The van der Waals surface area contributed by atoms with Crippen molar-refractivity contribution < 1.29 is 4.39 Å². The van der Waals surface area contributed by atoms with Gasteiger partial charge >= 0.3 is 0 Å². The van der Waals surface area contributed by atoms with Gasteiger partial charge in [0.2, 0.25) is 0 Å². The molecule has 1 N–H and O–H groups in total. The first kappa shape index (κ1) is 16.5. The van der Waals surface area contributed by atoms with Gasteiger partial charge in [0.25, 0.3) is 0 Å². The van der Waals surface area contributed by atoms with E-state index in [1.807, 2.05) is 7.05 Å². The second kappa shape index (κ2) is 7.40. The lowest BCUT2D eigenvalue weighted by Gasteiger charge is -2.13. The molecule has 0 bridgehead atoms. The highest BCUT2D eigenvalue weighted by Crippen LogP contribution is 2.27. The Balaban J connectivity index is 2.19. The van der Waals surface area contributed by atoms with Gasteiger partial charge in [-0.2, -0.15) is 0 Å². The van der Waals surface area contributed by atoms with Gasteiger partial charge in [0.1, 0.15) is 17.5 Å². The molecule has 0 amide bonds. The van der Waals surface area contributed by atoms with Crippen molar-refractivity contribution in [3.05, 3.63) is 45.2 Å². The summed E-state index contributed by atoms with van der Waals surface area (Å²) in [6, 6.07) is 6.48. The summed E-state index contributed by atoms with van der Waals surface area (Å²) in [6.07, 6.45) is 0. The maximum atomic E-state index is 12.9. The topological polar surface area (TPSA) is 37.8 Å². The first-order valence-corrected chi connectivity index (χ1v) is 8.70. The molecule has 112 valence electrons. The van der Waals surface area contributed by atoms with E-state index in [4.69, 9.17) is 0 Å². The number of nitrogens with one attached hydrogen (secondary N) is 1. The Kier molecular flexibility index (Phi) is 5.80. The largest absolute Gasteiger partial charge is 0.372 e. The van der Waals surface area contributed by atoms with Gasteiger partial charge in [0, 0.05) is 11.9 Å². The van der Waals surface area contributed by atoms with Gasteiger partial charge in [-0.1, -0.05) is 13.8 Å². The number of rotatable bonds is 5. The van der Waals surface area contributed by atoms with Gasteiger partial charge < -0.3 is 5.32 Å². The molecule has 2 rings (SSSR count). The van der Waals surface area contributed by atoms with Gasteiger partial charge in [-0.3, -0.25) is 0 Å². The van der Waals surface area contributed by atoms with Crippen LogP contribution in [0.5, 0.6) is 0 Å². The van der Waals surface area contributed by atoms with Crippen LogP contribution in [0.15, 0.2) is 29.2 Å². The molecule has 2 aromatic rings. The number of anilines is 1. The van der Waals surface area contributed by atoms with Crippen LogP contribution in [0.1, 0.15) is 31.3 Å². The van der Waals surface area contributed by atoms with Crippen LogP contribution >= 0.6 is 34.4 Å². The van der Waals surface area contributed by atoms with Crippen molar-refractivity contribution >= 4 is 40.2 Å². The number of nitrogens with zero attached hydrogens (tertiary/aromatic N) is 2. The van der Waals surface area contributed by atoms with Crippen LogP contribution in [-0.2, 0) is 5.75 Å². The van der Waals surface area contributed by atoms with Gasteiger partial charge in [-0.05, 0) is 52.8 Å². The summed E-state index contributed by atoms with van der Waals surface area (Å²) in [4.78, 5) is 10.2. The minimum atomic E-state index is -0.218. The fourth-order valence-corrected chi connectivity index (χ4v) is 3.69. The van der Waals surface area contributed by atoms with E-state index in [2.05, 4.69) is 51.7 Å². The SMILES string of the molecule is CNc1nc(CSc2ccc(F)cc2)nc(C(C)C)c1I. The number of benzene rings is 1. The summed E-state index contributed by atoms with van der Waals surface area (Å²) >= 11 is 3.89. The van der Waals surface area contributed by atoms with E-state index in [-0.39, 0.29) is 5.82 Å². The monoisotopic (exact) mass is 417 g/mol. The van der Waals surface area contributed by atoms with Crippen LogP contribution < -0.4 is 5.32 Å². The van der Waals surface area contributed by atoms with Gasteiger partial charge in [0.05, 0.1) is 15.0 Å². The van der Waals surface area contributed by atoms with E-state index < -0.39 is 0 Å². The summed E-state index contributed by atoms with van der Waals surface area (Å²) in [5.41, 5.74) is 1.06. The zero-order chi connectivity index (χ0) is 15.4. The molecule has 0 aliphatic carbocycles. The Labute approximate surface area is 142 Å². The van der Waals surface area contributed by atoms with Crippen LogP contribution in [-0.4, -0.2) is 17.0 Å². The number of hydrogen-bond acceptors (Lipinski definition) is 4. The number of thioether (sulfide) groups is 1. The Morgan fingerprint density at radius 2 is 1.90 bits per heavy atom. The second-order valence-corrected chi connectivity index (χ2v) is 6.96. The first-order chi connectivity index (χ1) is 10.0. The van der Waals surface area contributed by atoms with Crippen LogP contribution in [0.4, 0.5) is 10.2 Å². The minimum Gasteiger partial charge on any atom is -0.372 e.